The number of nitrogens with zero attached hydrogens (tertiary/aromatic N) is 1. The molecule has 0 radical (unpaired) electrons. The van der Waals surface area contributed by atoms with E-state index >= 15 is 0 Å². The van der Waals surface area contributed by atoms with Crippen molar-refractivity contribution in [1.29, 1.82) is 0 Å². The molecule has 0 saturated carbocycles. The van der Waals surface area contributed by atoms with Gasteiger partial charge in [-0.05, 0) is 54.9 Å². The Morgan fingerprint density at radius 1 is 1.12 bits per heavy atom. The van der Waals surface area contributed by atoms with Gasteiger partial charge in [0.25, 0.3) is 5.91 Å². The fourth-order valence-electron chi connectivity index (χ4n) is 3.32. The van der Waals surface area contributed by atoms with Gasteiger partial charge in [0.1, 0.15) is 0 Å². The Labute approximate surface area is 149 Å². The molecule has 0 bridgehead atoms. The number of nitrogens with one attached hydrogen (secondary N) is 2. The van der Waals surface area contributed by atoms with E-state index < -0.39 is 0 Å². The van der Waals surface area contributed by atoms with Gasteiger partial charge in [-0.2, -0.15) is 0 Å². The van der Waals surface area contributed by atoms with Gasteiger partial charge < -0.3 is 9.99 Å². The van der Waals surface area contributed by atoms with Crippen molar-refractivity contribution in [3.63, 3.8) is 0 Å². The molecule has 4 heteroatoms. The minimum atomic E-state index is -0.122. The van der Waals surface area contributed by atoms with Crippen molar-refractivity contribution < 1.29 is 4.79 Å². The van der Waals surface area contributed by atoms with Gasteiger partial charge in [0.05, 0.1) is 11.3 Å². The standard InChI is InChI=1S/C21H27N3O/c1-21(2,3)16-10-12-17(13-11-16)22-23-20(25)18-8-4-5-9-19(18)24-14-6-7-15-24/h4-9,12,14-16,22H,10-11,13H2,1-3H3,(H,23,25)/t16-/m1/s1. The van der Waals surface area contributed by atoms with Crippen molar-refractivity contribution in [2.45, 2.75) is 40.0 Å². The molecule has 1 amide bonds. The molecule has 0 spiro atoms. The summed E-state index contributed by atoms with van der Waals surface area (Å²) in [6.07, 6.45) is 9.28. The minimum absolute atomic E-state index is 0.122. The van der Waals surface area contributed by atoms with Crippen LogP contribution in [-0.2, 0) is 0 Å². The Bertz CT molecular complexity index is 754. The van der Waals surface area contributed by atoms with Crippen LogP contribution in [0.1, 0.15) is 50.4 Å². The first kappa shape index (κ1) is 17.3. The highest BCUT2D eigenvalue weighted by atomic mass is 16.2. The second kappa shape index (κ2) is 7.18. The highest BCUT2D eigenvalue weighted by Gasteiger charge is 2.26. The molecular formula is C21H27N3O. The number of para-hydroxylation sites is 1. The van der Waals surface area contributed by atoms with Gasteiger partial charge in [-0.25, -0.2) is 0 Å². The number of benzene rings is 1. The van der Waals surface area contributed by atoms with Crippen LogP contribution in [0.5, 0.6) is 0 Å². The van der Waals surface area contributed by atoms with E-state index in [0.717, 1.165) is 30.6 Å². The van der Waals surface area contributed by atoms with Crippen molar-refractivity contribution >= 4 is 5.91 Å². The van der Waals surface area contributed by atoms with Crippen molar-refractivity contribution in [2.75, 3.05) is 0 Å². The van der Waals surface area contributed by atoms with E-state index in [-0.39, 0.29) is 5.91 Å². The lowest BCUT2D eigenvalue weighted by atomic mass is 9.74. The molecular weight excluding hydrogens is 310 g/mol. The van der Waals surface area contributed by atoms with Crippen molar-refractivity contribution in [3.05, 3.63) is 66.1 Å². The molecule has 1 aliphatic rings. The average molecular weight is 337 g/mol. The van der Waals surface area contributed by atoms with Crippen LogP contribution in [0, 0.1) is 11.3 Å². The van der Waals surface area contributed by atoms with Gasteiger partial charge in [0.15, 0.2) is 0 Å². The summed E-state index contributed by atoms with van der Waals surface area (Å²) in [4.78, 5) is 12.6. The van der Waals surface area contributed by atoms with Crippen molar-refractivity contribution in [2.24, 2.45) is 11.3 Å². The first-order chi connectivity index (χ1) is 11.9. The normalized spacial score (nSPS) is 17.7. The average Bonchev–Trinajstić information content (AvgIpc) is 3.14. The predicted molar refractivity (Wildman–Crippen MR) is 101 cm³/mol. The number of rotatable bonds is 4. The number of hydrogen-bond donors (Lipinski definition) is 2. The molecule has 0 unspecified atom stereocenters. The molecule has 132 valence electrons. The molecule has 0 fully saturated rings. The van der Waals surface area contributed by atoms with E-state index in [2.05, 4.69) is 37.7 Å². The minimum Gasteiger partial charge on any atom is -0.323 e. The number of hydrogen-bond acceptors (Lipinski definition) is 2. The number of allylic oxidation sites excluding steroid dienone is 2. The number of carbonyl (C=O) groups excluding carboxylic acids is 1. The zero-order valence-electron chi connectivity index (χ0n) is 15.3. The van der Waals surface area contributed by atoms with E-state index in [1.165, 1.54) is 0 Å². The summed E-state index contributed by atoms with van der Waals surface area (Å²) < 4.78 is 1.95. The molecule has 2 N–H and O–H groups in total. The molecule has 25 heavy (non-hydrogen) atoms. The van der Waals surface area contributed by atoms with E-state index in [4.69, 9.17) is 0 Å². The summed E-state index contributed by atoms with van der Waals surface area (Å²) in [6, 6.07) is 11.5. The van der Waals surface area contributed by atoms with Gasteiger partial charge in [0, 0.05) is 18.1 Å². The van der Waals surface area contributed by atoms with Crippen molar-refractivity contribution in [3.8, 4) is 5.69 Å². The van der Waals surface area contributed by atoms with Crippen LogP contribution in [0.25, 0.3) is 5.69 Å². The Kier molecular flexibility index (Phi) is 4.98. The SMILES string of the molecule is CC(C)(C)[C@@H]1CC=C(NNC(=O)c2ccccc2-n2cccc2)CC1. The first-order valence-corrected chi connectivity index (χ1v) is 8.93. The van der Waals surface area contributed by atoms with E-state index in [9.17, 15) is 4.79 Å². The summed E-state index contributed by atoms with van der Waals surface area (Å²) >= 11 is 0. The van der Waals surface area contributed by atoms with Gasteiger partial charge >= 0.3 is 0 Å². The predicted octanol–water partition coefficient (Wildman–Crippen LogP) is 4.44. The van der Waals surface area contributed by atoms with Crippen LogP contribution >= 0.6 is 0 Å². The summed E-state index contributed by atoms with van der Waals surface area (Å²) in [7, 11) is 0. The van der Waals surface area contributed by atoms with Crippen LogP contribution in [0.4, 0.5) is 0 Å². The molecule has 1 aliphatic carbocycles. The third-order valence-electron chi connectivity index (χ3n) is 5.00. The largest absolute Gasteiger partial charge is 0.323 e. The molecule has 1 aromatic heterocycles. The quantitative estimate of drug-likeness (QED) is 0.810. The lowest BCUT2D eigenvalue weighted by molar-refractivity contribution is 0.0937. The molecule has 2 aromatic rings. The van der Waals surface area contributed by atoms with Gasteiger partial charge in [0.2, 0.25) is 0 Å². The number of carbonyl (C=O) groups is 1. The Morgan fingerprint density at radius 2 is 1.84 bits per heavy atom. The molecule has 0 aliphatic heterocycles. The van der Waals surface area contributed by atoms with E-state index in [1.54, 1.807) is 0 Å². The Balaban J connectivity index is 1.64. The third kappa shape index (κ3) is 4.13. The summed E-state index contributed by atoms with van der Waals surface area (Å²) in [6.45, 7) is 6.89. The van der Waals surface area contributed by atoms with E-state index in [1.807, 2.05) is 53.4 Å². The highest BCUT2D eigenvalue weighted by Crippen LogP contribution is 2.36. The smallest absolute Gasteiger partial charge is 0.271 e. The van der Waals surface area contributed by atoms with Crippen LogP contribution in [0.2, 0.25) is 0 Å². The Hall–Kier alpha value is -2.49. The van der Waals surface area contributed by atoms with Crippen LogP contribution in [0.15, 0.2) is 60.6 Å². The fourth-order valence-corrected chi connectivity index (χ4v) is 3.32. The summed E-state index contributed by atoms with van der Waals surface area (Å²) in [5, 5.41) is 0. The summed E-state index contributed by atoms with van der Waals surface area (Å²) in [5.74, 6) is 0.575. The van der Waals surface area contributed by atoms with Gasteiger partial charge in [-0.15, -0.1) is 0 Å². The third-order valence-corrected chi connectivity index (χ3v) is 5.00. The van der Waals surface area contributed by atoms with Crippen LogP contribution in [0.3, 0.4) is 0 Å². The molecule has 4 nitrogen and oxygen atoms in total. The molecule has 0 saturated heterocycles. The Morgan fingerprint density at radius 3 is 2.48 bits per heavy atom. The second-order valence-electron chi connectivity index (χ2n) is 7.75. The monoisotopic (exact) mass is 337 g/mol. The molecule has 1 atom stereocenters. The number of aromatic nitrogens is 1. The van der Waals surface area contributed by atoms with E-state index in [0.29, 0.717) is 16.9 Å². The van der Waals surface area contributed by atoms with Gasteiger partial charge in [-0.1, -0.05) is 39.0 Å². The second-order valence-corrected chi connectivity index (χ2v) is 7.75. The maximum Gasteiger partial charge on any atom is 0.271 e. The fraction of sp³-hybridized carbons (Fsp3) is 0.381. The highest BCUT2D eigenvalue weighted by molar-refractivity contribution is 5.97. The lowest BCUT2D eigenvalue weighted by Crippen LogP contribution is -2.38. The molecule has 3 rings (SSSR count). The van der Waals surface area contributed by atoms with Crippen LogP contribution < -0.4 is 10.9 Å². The topological polar surface area (TPSA) is 46.1 Å². The van der Waals surface area contributed by atoms with Crippen LogP contribution in [-0.4, -0.2) is 10.5 Å². The molecule has 1 heterocycles. The van der Waals surface area contributed by atoms with Crippen molar-refractivity contribution in [1.82, 2.24) is 15.4 Å². The number of hydrazine groups is 1. The maximum absolute atomic E-state index is 12.6. The lowest BCUT2D eigenvalue weighted by Gasteiger charge is -2.33. The zero-order valence-corrected chi connectivity index (χ0v) is 15.3. The molecule has 1 aromatic carbocycles. The number of amides is 1. The first-order valence-electron chi connectivity index (χ1n) is 8.93. The maximum atomic E-state index is 12.6. The van der Waals surface area contributed by atoms with Gasteiger partial charge in [-0.3, -0.25) is 10.2 Å². The summed E-state index contributed by atoms with van der Waals surface area (Å²) in [5.41, 5.74) is 8.93. The zero-order chi connectivity index (χ0) is 17.9.